The van der Waals surface area contributed by atoms with E-state index in [9.17, 15) is 4.79 Å². The number of guanidine groups is 1. The van der Waals surface area contributed by atoms with Crippen LogP contribution in [-0.2, 0) is 22.6 Å². The van der Waals surface area contributed by atoms with Gasteiger partial charge in [0.2, 0.25) is 5.91 Å². The van der Waals surface area contributed by atoms with E-state index in [1.54, 1.807) is 0 Å². The number of rotatable bonds is 9. The van der Waals surface area contributed by atoms with Gasteiger partial charge in [-0.3, -0.25) is 4.79 Å². The van der Waals surface area contributed by atoms with Crippen molar-refractivity contribution in [2.24, 2.45) is 4.99 Å². The minimum absolute atomic E-state index is 0. The number of hydrogen-bond donors (Lipinski definition) is 3. The quantitative estimate of drug-likeness (QED) is 0.239. The number of carbonyl (C=O) groups is 1. The Hall–Kier alpha value is -2.33. The van der Waals surface area contributed by atoms with Crippen molar-refractivity contribution >= 4 is 41.5 Å². The van der Waals surface area contributed by atoms with Crippen LogP contribution in [0.3, 0.4) is 0 Å². The Morgan fingerprint density at radius 1 is 1.21 bits per heavy atom. The molecule has 1 amide bonds. The molecule has 180 valence electrons. The molecule has 1 unspecified atom stereocenters. The Balaban J connectivity index is 0.00000385. The fourth-order valence-corrected chi connectivity index (χ4v) is 3.54. The molecule has 1 fully saturated rings. The molecule has 0 radical (unpaired) electrons. The molecule has 1 atom stereocenters. The number of benzene rings is 2. The number of anilines is 1. The molecule has 33 heavy (non-hydrogen) atoms. The molecule has 2 aromatic rings. The summed E-state index contributed by atoms with van der Waals surface area (Å²) in [7, 11) is 0. The maximum absolute atomic E-state index is 11.3. The molecule has 0 bridgehead atoms. The van der Waals surface area contributed by atoms with Gasteiger partial charge in [-0.05, 0) is 56.0 Å². The van der Waals surface area contributed by atoms with Gasteiger partial charge in [-0.15, -0.1) is 24.0 Å². The number of ether oxygens (including phenoxy) is 2. The molecule has 0 aliphatic carbocycles. The van der Waals surface area contributed by atoms with Crippen molar-refractivity contribution in [1.82, 2.24) is 10.6 Å². The van der Waals surface area contributed by atoms with E-state index < -0.39 is 0 Å². The molecule has 1 heterocycles. The van der Waals surface area contributed by atoms with Crippen molar-refractivity contribution in [1.29, 1.82) is 0 Å². The van der Waals surface area contributed by atoms with Crippen LogP contribution in [0, 0.1) is 6.92 Å². The largest absolute Gasteiger partial charge is 0.491 e. The smallest absolute Gasteiger partial charge is 0.221 e. The van der Waals surface area contributed by atoms with E-state index in [2.05, 4.69) is 41.1 Å². The number of halogens is 1. The molecule has 1 aliphatic heterocycles. The SMILES string of the molecule is CCNC(=NCc1cccc(NC(C)=O)c1)NCc1ccc(C)cc1OCC1CCCO1.I. The predicted molar refractivity (Wildman–Crippen MR) is 143 cm³/mol. The van der Waals surface area contributed by atoms with Crippen molar-refractivity contribution in [3.8, 4) is 5.75 Å². The lowest BCUT2D eigenvalue weighted by atomic mass is 10.1. The van der Waals surface area contributed by atoms with Gasteiger partial charge in [0.1, 0.15) is 12.4 Å². The Labute approximate surface area is 213 Å². The van der Waals surface area contributed by atoms with Crippen molar-refractivity contribution in [3.05, 3.63) is 59.2 Å². The molecular formula is C25H35IN4O3. The summed E-state index contributed by atoms with van der Waals surface area (Å²) in [5, 5.41) is 9.49. The minimum Gasteiger partial charge on any atom is -0.491 e. The van der Waals surface area contributed by atoms with E-state index in [0.717, 1.165) is 60.1 Å². The van der Waals surface area contributed by atoms with E-state index in [1.165, 1.54) is 6.92 Å². The van der Waals surface area contributed by atoms with Crippen LogP contribution in [0.25, 0.3) is 0 Å². The van der Waals surface area contributed by atoms with Crippen LogP contribution in [0.1, 0.15) is 43.4 Å². The van der Waals surface area contributed by atoms with E-state index in [4.69, 9.17) is 14.5 Å². The summed E-state index contributed by atoms with van der Waals surface area (Å²) in [4.78, 5) is 16.0. The first-order valence-electron chi connectivity index (χ1n) is 11.3. The third kappa shape index (κ3) is 9.21. The zero-order chi connectivity index (χ0) is 22.8. The monoisotopic (exact) mass is 566 g/mol. The van der Waals surface area contributed by atoms with E-state index in [-0.39, 0.29) is 36.0 Å². The molecule has 1 saturated heterocycles. The second-order valence-corrected chi connectivity index (χ2v) is 7.99. The van der Waals surface area contributed by atoms with Gasteiger partial charge in [0.25, 0.3) is 0 Å². The molecule has 1 aliphatic rings. The summed E-state index contributed by atoms with van der Waals surface area (Å²) in [6, 6.07) is 14.0. The molecule has 8 heteroatoms. The van der Waals surface area contributed by atoms with Crippen LogP contribution in [-0.4, -0.2) is 37.7 Å². The van der Waals surface area contributed by atoms with Gasteiger partial charge >= 0.3 is 0 Å². The summed E-state index contributed by atoms with van der Waals surface area (Å²) in [6.45, 7) is 8.86. The Morgan fingerprint density at radius 2 is 2.06 bits per heavy atom. The maximum atomic E-state index is 11.3. The van der Waals surface area contributed by atoms with Gasteiger partial charge < -0.3 is 25.4 Å². The first-order valence-corrected chi connectivity index (χ1v) is 11.3. The highest BCUT2D eigenvalue weighted by Gasteiger charge is 2.17. The van der Waals surface area contributed by atoms with Crippen molar-refractivity contribution in [2.45, 2.75) is 52.8 Å². The van der Waals surface area contributed by atoms with Crippen molar-refractivity contribution in [3.63, 3.8) is 0 Å². The van der Waals surface area contributed by atoms with E-state index in [1.807, 2.05) is 31.2 Å². The Kier molecular flexibility index (Phi) is 11.5. The molecule has 2 aromatic carbocycles. The topological polar surface area (TPSA) is 84.0 Å². The Morgan fingerprint density at radius 3 is 2.79 bits per heavy atom. The fourth-order valence-electron chi connectivity index (χ4n) is 3.54. The molecule has 3 rings (SSSR count). The summed E-state index contributed by atoms with van der Waals surface area (Å²) in [6.07, 6.45) is 2.34. The normalized spacial score (nSPS) is 15.5. The van der Waals surface area contributed by atoms with Gasteiger partial charge in [0.05, 0.1) is 12.6 Å². The summed E-state index contributed by atoms with van der Waals surface area (Å²) in [5.41, 5.74) is 4.03. The first-order chi connectivity index (χ1) is 15.5. The summed E-state index contributed by atoms with van der Waals surface area (Å²) in [5.74, 6) is 1.52. The number of amides is 1. The van der Waals surface area contributed by atoms with Gasteiger partial charge in [-0.2, -0.15) is 0 Å². The zero-order valence-electron chi connectivity index (χ0n) is 19.6. The van der Waals surface area contributed by atoms with Crippen LogP contribution in [0.4, 0.5) is 5.69 Å². The van der Waals surface area contributed by atoms with Crippen LogP contribution in [0.15, 0.2) is 47.5 Å². The lowest BCUT2D eigenvalue weighted by molar-refractivity contribution is -0.114. The minimum atomic E-state index is -0.0868. The average molecular weight is 566 g/mol. The summed E-state index contributed by atoms with van der Waals surface area (Å²) >= 11 is 0. The highest BCUT2D eigenvalue weighted by Crippen LogP contribution is 2.22. The second kappa shape index (κ2) is 14.0. The number of nitrogens with one attached hydrogen (secondary N) is 3. The van der Waals surface area contributed by atoms with E-state index >= 15 is 0 Å². The van der Waals surface area contributed by atoms with Crippen molar-refractivity contribution in [2.75, 3.05) is 25.1 Å². The maximum Gasteiger partial charge on any atom is 0.221 e. The third-order valence-corrected chi connectivity index (χ3v) is 5.13. The lowest BCUT2D eigenvalue weighted by Crippen LogP contribution is -2.37. The predicted octanol–water partition coefficient (Wildman–Crippen LogP) is 4.38. The molecule has 3 N–H and O–H groups in total. The van der Waals surface area contributed by atoms with Gasteiger partial charge in [-0.25, -0.2) is 4.99 Å². The lowest BCUT2D eigenvalue weighted by Gasteiger charge is -2.17. The molecule has 7 nitrogen and oxygen atoms in total. The number of aryl methyl sites for hydroxylation is 1. The number of nitrogens with zero attached hydrogens (tertiary/aromatic N) is 1. The summed E-state index contributed by atoms with van der Waals surface area (Å²) < 4.78 is 11.8. The van der Waals surface area contributed by atoms with Crippen LogP contribution in [0.2, 0.25) is 0 Å². The molecule has 0 spiro atoms. The standard InChI is InChI=1S/C25H34N4O3.HI/c1-4-26-25(27-15-20-7-5-8-22(14-20)29-19(3)30)28-16-21-11-10-18(2)13-24(21)32-17-23-9-6-12-31-23;/h5,7-8,10-11,13-14,23H,4,6,9,12,15-17H2,1-3H3,(H,29,30)(H2,26,27,28);1H. The fraction of sp³-hybridized carbons (Fsp3) is 0.440. The van der Waals surface area contributed by atoms with Gasteiger partial charge in [-0.1, -0.05) is 24.3 Å². The average Bonchev–Trinajstić information content (AvgIpc) is 3.28. The first kappa shape index (κ1) is 26.9. The second-order valence-electron chi connectivity index (χ2n) is 7.99. The van der Waals surface area contributed by atoms with Gasteiger partial charge in [0, 0.05) is 37.9 Å². The van der Waals surface area contributed by atoms with Crippen LogP contribution < -0.4 is 20.7 Å². The Bertz CT molecular complexity index is 930. The highest BCUT2D eigenvalue weighted by atomic mass is 127. The molecule has 0 saturated carbocycles. The number of carbonyl (C=O) groups excluding carboxylic acids is 1. The third-order valence-electron chi connectivity index (χ3n) is 5.13. The van der Waals surface area contributed by atoms with E-state index in [0.29, 0.717) is 19.7 Å². The van der Waals surface area contributed by atoms with Crippen molar-refractivity contribution < 1.29 is 14.3 Å². The number of aliphatic imine (C=N–C) groups is 1. The highest BCUT2D eigenvalue weighted by molar-refractivity contribution is 14.0. The molecule has 0 aromatic heterocycles. The van der Waals surface area contributed by atoms with Crippen LogP contribution >= 0.6 is 24.0 Å². The zero-order valence-corrected chi connectivity index (χ0v) is 22.0. The number of hydrogen-bond acceptors (Lipinski definition) is 4. The van der Waals surface area contributed by atoms with Gasteiger partial charge in [0.15, 0.2) is 5.96 Å². The van der Waals surface area contributed by atoms with Crippen LogP contribution in [0.5, 0.6) is 5.75 Å². The molecular weight excluding hydrogens is 531 g/mol.